The number of benzene rings is 1. The first-order valence-electron chi connectivity index (χ1n) is 6.13. The number of esters is 1. The Hall–Kier alpha value is -1.61. The molecule has 0 heterocycles. The summed E-state index contributed by atoms with van der Waals surface area (Å²) in [7, 11) is 0. The molecule has 3 nitrogen and oxygen atoms in total. The number of aliphatic hydroxyl groups is 1. The highest BCUT2D eigenvalue weighted by atomic mass is 16.6. The fourth-order valence-electron chi connectivity index (χ4n) is 1.46. The molecular weight excluding hydrogens is 228 g/mol. The smallest absolute Gasteiger partial charge is 0.332 e. The molecule has 18 heavy (non-hydrogen) atoms. The predicted octanol–water partition coefficient (Wildman–Crippen LogP) is 2.87. The Balaban J connectivity index is 0.000000331. The number of aliphatic hydroxyl groups excluding tert-OH is 1. The van der Waals surface area contributed by atoms with Gasteiger partial charge in [-0.3, -0.25) is 0 Å². The van der Waals surface area contributed by atoms with Crippen molar-refractivity contribution in [1.82, 2.24) is 0 Å². The van der Waals surface area contributed by atoms with Crippen LogP contribution in [0.25, 0.3) is 0 Å². The molecule has 0 bridgehead atoms. The van der Waals surface area contributed by atoms with Gasteiger partial charge in [0.15, 0.2) is 6.29 Å². The zero-order valence-electron chi connectivity index (χ0n) is 11.3. The van der Waals surface area contributed by atoms with Crippen molar-refractivity contribution >= 4 is 5.97 Å². The highest BCUT2D eigenvalue weighted by Gasteiger charge is 1.98. The molecule has 100 valence electrons. The molecule has 1 aromatic carbocycles. The summed E-state index contributed by atoms with van der Waals surface area (Å²) in [6.45, 7) is 8.88. The Bertz CT molecular complexity index is 347. The molecule has 1 aromatic rings. The molecule has 0 aromatic heterocycles. The van der Waals surface area contributed by atoms with Gasteiger partial charge >= 0.3 is 5.97 Å². The molecule has 0 aliphatic heterocycles. The van der Waals surface area contributed by atoms with Crippen LogP contribution in [0.5, 0.6) is 0 Å². The van der Waals surface area contributed by atoms with Crippen LogP contribution in [0.4, 0.5) is 0 Å². The normalized spacial score (nSPS) is 10.9. The number of aryl methyl sites for hydroxylation is 2. The van der Waals surface area contributed by atoms with Crippen LogP contribution in [-0.4, -0.2) is 17.4 Å². The van der Waals surface area contributed by atoms with Crippen molar-refractivity contribution in [2.75, 3.05) is 0 Å². The molecule has 0 aliphatic carbocycles. The van der Waals surface area contributed by atoms with Crippen LogP contribution in [-0.2, 0) is 22.4 Å². The van der Waals surface area contributed by atoms with Gasteiger partial charge in [-0.1, -0.05) is 44.7 Å². The Morgan fingerprint density at radius 3 is 2.00 bits per heavy atom. The monoisotopic (exact) mass is 250 g/mol. The lowest BCUT2D eigenvalue weighted by Crippen LogP contribution is -2.10. The molecule has 1 rings (SSSR count). The molecule has 0 saturated heterocycles. The van der Waals surface area contributed by atoms with Gasteiger partial charge in [-0.25, -0.2) is 4.79 Å². The van der Waals surface area contributed by atoms with E-state index in [1.165, 1.54) is 18.1 Å². The number of ether oxygens (including phenoxy) is 1. The van der Waals surface area contributed by atoms with Gasteiger partial charge in [0, 0.05) is 6.08 Å². The largest absolute Gasteiger partial charge is 0.433 e. The van der Waals surface area contributed by atoms with Crippen LogP contribution in [0.1, 0.15) is 31.9 Å². The number of carbonyl (C=O) groups is 1. The summed E-state index contributed by atoms with van der Waals surface area (Å²) in [5, 5.41) is 8.36. The fraction of sp³-hybridized carbons (Fsp3) is 0.400. The van der Waals surface area contributed by atoms with E-state index in [0.717, 1.165) is 18.9 Å². The molecule has 0 amide bonds. The van der Waals surface area contributed by atoms with E-state index in [9.17, 15) is 4.79 Å². The minimum atomic E-state index is -1.04. The van der Waals surface area contributed by atoms with E-state index in [-0.39, 0.29) is 0 Å². The standard InChI is InChI=1S/C10H14.C5H8O3/c1-3-9-7-5-6-8-10(9)4-2;1-3-5(7)8-4(2)6/h5-8H,3-4H2,1-2H3;3-4,6H,1H2,2H3. The van der Waals surface area contributed by atoms with Crippen LogP contribution in [0.3, 0.4) is 0 Å². The van der Waals surface area contributed by atoms with Crippen LogP contribution in [0.15, 0.2) is 36.9 Å². The summed E-state index contributed by atoms with van der Waals surface area (Å²) in [4.78, 5) is 10.1. The predicted molar refractivity (Wildman–Crippen MR) is 73.2 cm³/mol. The summed E-state index contributed by atoms with van der Waals surface area (Å²) in [6, 6.07) is 8.63. The van der Waals surface area contributed by atoms with Crippen molar-refractivity contribution in [3.05, 3.63) is 48.0 Å². The van der Waals surface area contributed by atoms with Crippen molar-refractivity contribution < 1.29 is 14.6 Å². The average Bonchev–Trinajstić information content (AvgIpc) is 2.38. The van der Waals surface area contributed by atoms with E-state index in [1.54, 1.807) is 0 Å². The number of carbonyl (C=O) groups excluding carboxylic acids is 1. The van der Waals surface area contributed by atoms with E-state index < -0.39 is 12.3 Å². The van der Waals surface area contributed by atoms with Gasteiger partial charge in [0.25, 0.3) is 0 Å². The summed E-state index contributed by atoms with van der Waals surface area (Å²) in [5.41, 5.74) is 2.98. The Labute approximate surface area is 109 Å². The lowest BCUT2D eigenvalue weighted by Gasteiger charge is -2.02. The first-order chi connectivity index (χ1) is 8.54. The van der Waals surface area contributed by atoms with E-state index >= 15 is 0 Å². The van der Waals surface area contributed by atoms with Crippen molar-refractivity contribution in [3.63, 3.8) is 0 Å². The van der Waals surface area contributed by atoms with Crippen molar-refractivity contribution in [2.24, 2.45) is 0 Å². The van der Waals surface area contributed by atoms with Gasteiger partial charge in [0.05, 0.1) is 0 Å². The van der Waals surface area contributed by atoms with Crippen LogP contribution < -0.4 is 0 Å². The molecule has 0 fully saturated rings. The molecule has 0 spiro atoms. The molecule has 0 aliphatic rings. The number of rotatable bonds is 4. The number of hydrogen-bond acceptors (Lipinski definition) is 3. The van der Waals surface area contributed by atoms with E-state index in [4.69, 9.17) is 5.11 Å². The second-order valence-corrected chi connectivity index (χ2v) is 3.72. The zero-order chi connectivity index (χ0) is 14.0. The minimum absolute atomic E-state index is 0.611. The molecule has 0 saturated carbocycles. The SMILES string of the molecule is C=CC(=O)OC(C)O.CCc1ccccc1CC. The Morgan fingerprint density at radius 1 is 1.33 bits per heavy atom. The Kier molecular flexibility index (Phi) is 8.58. The second-order valence-electron chi connectivity index (χ2n) is 3.72. The maximum atomic E-state index is 10.1. The van der Waals surface area contributed by atoms with Crippen molar-refractivity contribution in [1.29, 1.82) is 0 Å². The Morgan fingerprint density at radius 2 is 1.78 bits per heavy atom. The summed E-state index contributed by atoms with van der Waals surface area (Å²) in [6.07, 6.45) is 2.27. The summed E-state index contributed by atoms with van der Waals surface area (Å²) in [5.74, 6) is -0.611. The fourth-order valence-corrected chi connectivity index (χ4v) is 1.46. The molecule has 0 radical (unpaired) electrons. The molecule has 1 N–H and O–H groups in total. The average molecular weight is 250 g/mol. The maximum Gasteiger partial charge on any atom is 0.332 e. The zero-order valence-corrected chi connectivity index (χ0v) is 11.3. The van der Waals surface area contributed by atoms with Gasteiger partial charge in [0.2, 0.25) is 0 Å². The van der Waals surface area contributed by atoms with Crippen LogP contribution in [0.2, 0.25) is 0 Å². The van der Waals surface area contributed by atoms with E-state index in [1.807, 2.05) is 0 Å². The van der Waals surface area contributed by atoms with Crippen LogP contribution >= 0.6 is 0 Å². The minimum Gasteiger partial charge on any atom is -0.433 e. The third-order valence-corrected chi connectivity index (χ3v) is 2.33. The maximum absolute atomic E-state index is 10.1. The first-order valence-corrected chi connectivity index (χ1v) is 6.13. The van der Waals surface area contributed by atoms with E-state index in [2.05, 4.69) is 49.4 Å². The topological polar surface area (TPSA) is 46.5 Å². The third kappa shape index (κ3) is 6.86. The van der Waals surface area contributed by atoms with Gasteiger partial charge in [-0.05, 0) is 30.9 Å². The lowest BCUT2D eigenvalue weighted by atomic mass is 10.0. The molecule has 3 heteroatoms. The highest BCUT2D eigenvalue weighted by molar-refractivity contribution is 5.81. The van der Waals surface area contributed by atoms with Crippen LogP contribution in [0, 0.1) is 0 Å². The summed E-state index contributed by atoms with van der Waals surface area (Å²) >= 11 is 0. The molecule has 1 atom stereocenters. The molecule has 1 unspecified atom stereocenters. The first kappa shape index (κ1) is 16.4. The van der Waals surface area contributed by atoms with Gasteiger partial charge in [0.1, 0.15) is 0 Å². The van der Waals surface area contributed by atoms with Gasteiger partial charge in [-0.2, -0.15) is 0 Å². The van der Waals surface area contributed by atoms with E-state index in [0.29, 0.717) is 0 Å². The van der Waals surface area contributed by atoms with Gasteiger partial charge < -0.3 is 9.84 Å². The van der Waals surface area contributed by atoms with Crippen molar-refractivity contribution in [3.8, 4) is 0 Å². The molecular formula is C15H22O3. The van der Waals surface area contributed by atoms with Gasteiger partial charge in [-0.15, -0.1) is 0 Å². The quantitative estimate of drug-likeness (QED) is 0.508. The number of hydrogen-bond donors (Lipinski definition) is 1. The third-order valence-electron chi connectivity index (χ3n) is 2.33. The summed E-state index contributed by atoms with van der Waals surface area (Å²) < 4.78 is 4.20. The lowest BCUT2D eigenvalue weighted by molar-refractivity contribution is -0.158. The second kappa shape index (κ2) is 9.42. The highest BCUT2D eigenvalue weighted by Crippen LogP contribution is 2.08. The van der Waals surface area contributed by atoms with Crippen molar-refractivity contribution in [2.45, 2.75) is 39.9 Å².